The fourth-order valence-corrected chi connectivity index (χ4v) is 5.59. The molecule has 116 valence electrons. The third-order valence-electron chi connectivity index (χ3n) is 6.69. The molecule has 0 saturated carbocycles. The number of hydrogen-bond donors (Lipinski definition) is 1. The van der Waals surface area contributed by atoms with Crippen LogP contribution in [0.1, 0.15) is 17.5 Å². The fourth-order valence-electron chi connectivity index (χ4n) is 5.59. The Morgan fingerprint density at radius 3 is 2.95 bits per heavy atom. The molecular formula is C18H21NO3. The van der Waals surface area contributed by atoms with Crippen molar-refractivity contribution in [2.75, 3.05) is 20.6 Å². The number of aliphatic hydroxyl groups excluding tert-OH is 1. The minimum absolute atomic E-state index is 0.0359. The summed E-state index contributed by atoms with van der Waals surface area (Å²) >= 11 is 0. The van der Waals surface area contributed by atoms with Crippen LogP contribution in [-0.2, 0) is 11.8 Å². The van der Waals surface area contributed by atoms with E-state index in [1.54, 1.807) is 6.07 Å². The molecule has 0 aromatic heterocycles. The number of aliphatic hydroxyl groups is 1. The lowest BCUT2D eigenvalue weighted by Crippen LogP contribution is -2.70. The van der Waals surface area contributed by atoms with Crippen LogP contribution < -0.4 is 9.84 Å². The average Bonchev–Trinajstić information content (AvgIpc) is 2.84. The fraction of sp³-hybridized carbons (Fsp3) is 0.556. The number of likely N-dealkylation sites (tertiary alicyclic amines) is 1. The molecule has 2 aliphatic carbocycles. The van der Waals surface area contributed by atoms with E-state index in [1.807, 2.05) is 12.1 Å². The second kappa shape index (κ2) is 3.69. The number of rotatable bonds is 0. The SMILES string of the molecule is C[N+]1(C)CC[C@]23c4c5ccc([O-])c4O[C@H]2[C@@H](O)C=C[C@H]3[C@H]1C5. The summed E-state index contributed by atoms with van der Waals surface area (Å²) in [5, 5.41) is 22.8. The Labute approximate surface area is 130 Å². The quantitative estimate of drug-likeness (QED) is 0.567. The van der Waals surface area contributed by atoms with Crippen molar-refractivity contribution >= 4 is 0 Å². The van der Waals surface area contributed by atoms with E-state index >= 15 is 0 Å². The number of piperidine rings is 1. The molecule has 2 heterocycles. The standard InChI is InChI=1S/C18H21NO3/c1-19(2)8-7-18-11-4-6-14(21)17(18)22-16-13(20)5-3-10(15(16)18)9-12(11)19/h3-6,11-12,14,17,21H,7-9H2,1-2H3/t11-,12+,14-,17-,18-/m0/s1. The number of hydrogen-bond acceptors (Lipinski definition) is 3. The monoisotopic (exact) mass is 299 g/mol. The molecule has 1 fully saturated rings. The van der Waals surface area contributed by atoms with Crippen molar-refractivity contribution in [2.24, 2.45) is 5.92 Å². The molecule has 0 radical (unpaired) electrons. The highest BCUT2D eigenvalue weighted by Crippen LogP contribution is 2.62. The first-order valence-electron chi connectivity index (χ1n) is 8.14. The van der Waals surface area contributed by atoms with E-state index in [1.165, 1.54) is 5.56 Å². The predicted molar refractivity (Wildman–Crippen MR) is 79.7 cm³/mol. The Morgan fingerprint density at radius 2 is 2.14 bits per heavy atom. The van der Waals surface area contributed by atoms with Crippen LogP contribution in [0.5, 0.6) is 11.5 Å². The zero-order valence-electron chi connectivity index (χ0n) is 13.0. The van der Waals surface area contributed by atoms with Gasteiger partial charge in [0.05, 0.1) is 26.1 Å². The smallest absolute Gasteiger partial charge is 0.139 e. The Balaban J connectivity index is 1.84. The third-order valence-corrected chi connectivity index (χ3v) is 6.69. The van der Waals surface area contributed by atoms with Crippen LogP contribution in [0, 0.1) is 5.92 Å². The topological polar surface area (TPSA) is 52.5 Å². The number of quaternary nitrogens is 1. The average molecular weight is 299 g/mol. The van der Waals surface area contributed by atoms with E-state index in [0.717, 1.165) is 29.4 Å². The van der Waals surface area contributed by atoms with Crippen LogP contribution in [0.4, 0.5) is 0 Å². The summed E-state index contributed by atoms with van der Waals surface area (Å²) < 4.78 is 7.06. The Kier molecular flexibility index (Phi) is 2.17. The second-order valence-corrected chi connectivity index (χ2v) is 7.93. The van der Waals surface area contributed by atoms with Gasteiger partial charge in [-0.2, -0.15) is 0 Å². The molecule has 5 atom stereocenters. The van der Waals surface area contributed by atoms with Gasteiger partial charge in [-0.3, -0.25) is 0 Å². The van der Waals surface area contributed by atoms with Crippen LogP contribution >= 0.6 is 0 Å². The van der Waals surface area contributed by atoms with Crippen molar-refractivity contribution in [2.45, 2.75) is 36.5 Å². The molecule has 0 unspecified atom stereocenters. The highest BCUT2D eigenvalue weighted by Gasteiger charge is 2.66. The van der Waals surface area contributed by atoms with Gasteiger partial charge < -0.3 is 19.4 Å². The van der Waals surface area contributed by atoms with E-state index < -0.39 is 6.10 Å². The first kappa shape index (κ1) is 13.0. The van der Waals surface area contributed by atoms with Gasteiger partial charge in [-0.05, 0) is 5.56 Å². The molecule has 1 aromatic carbocycles. The molecule has 0 amide bonds. The van der Waals surface area contributed by atoms with Gasteiger partial charge in [-0.15, -0.1) is 0 Å². The second-order valence-electron chi connectivity index (χ2n) is 7.93. The lowest BCUT2D eigenvalue weighted by atomic mass is 9.53. The normalized spacial score (nSPS) is 42.7. The molecule has 2 aliphatic heterocycles. The molecule has 1 aromatic rings. The highest BCUT2D eigenvalue weighted by molar-refractivity contribution is 5.61. The minimum atomic E-state index is -0.622. The largest absolute Gasteiger partial charge is 0.870 e. The van der Waals surface area contributed by atoms with E-state index in [9.17, 15) is 10.2 Å². The highest BCUT2D eigenvalue weighted by atomic mass is 16.5. The summed E-state index contributed by atoms with van der Waals surface area (Å²) in [5.41, 5.74) is 2.18. The molecule has 2 bridgehead atoms. The van der Waals surface area contributed by atoms with Crippen molar-refractivity contribution in [1.29, 1.82) is 0 Å². The van der Waals surface area contributed by atoms with Crippen LogP contribution in [0.25, 0.3) is 0 Å². The first-order chi connectivity index (χ1) is 10.4. The Hall–Kier alpha value is -1.52. The van der Waals surface area contributed by atoms with E-state index in [-0.39, 0.29) is 17.3 Å². The van der Waals surface area contributed by atoms with Crippen LogP contribution in [0.15, 0.2) is 24.3 Å². The molecule has 5 rings (SSSR count). The van der Waals surface area contributed by atoms with Crippen molar-refractivity contribution in [3.63, 3.8) is 0 Å². The van der Waals surface area contributed by atoms with Crippen LogP contribution in [0.2, 0.25) is 0 Å². The van der Waals surface area contributed by atoms with Crippen molar-refractivity contribution < 1.29 is 19.4 Å². The molecule has 1 N–H and O–H groups in total. The van der Waals surface area contributed by atoms with Crippen molar-refractivity contribution in [3.05, 3.63) is 35.4 Å². The number of nitrogens with zero attached hydrogens (tertiary/aromatic N) is 1. The van der Waals surface area contributed by atoms with E-state index in [4.69, 9.17) is 4.74 Å². The van der Waals surface area contributed by atoms with Gasteiger partial charge in [0.15, 0.2) is 0 Å². The summed E-state index contributed by atoms with van der Waals surface area (Å²) in [6.07, 6.45) is 5.12. The summed E-state index contributed by atoms with van der Waals surface area (Å²) in [4.78, 5) is 0. The van der Waals surface area contributed by atoms with Crippen molar-refractivity contribution in [3.8, 4) is 11.5 Å². The molecule has 1 spiro atoms. The van der Waals surface area contributed by atoms with Gasteiger partial charge in [0.2, 0.25) is 0 Å². The van der Waals surface area contributed by atoms with Gasteiger partial charge in [-0.25, -0.2) is 0 Å². The predicted octanol–water partition coefficient (Wildman–Crippen LogP) is 0.711. The van der Waals surface area contributed by atoms with Gasteiger partial charge in [0.1, 0.15) is 24.0 Å². The molecule has 4 nitrogen and oxygen atoms in total. The van der Waals surface area contributed by atoms with Gasteiger partial charge in [0, 0.05) is 24.3 Å². The Morgan fingerprint density at radius 1 is 1.32 bits per heavy atom. The summed E-state index contributed by atoms with van der Waals surface area (Å²) in [5.74, 6) is 0.826. The maximum absolute atomic E-state index is 12.3. The van der Waals surface area contributed by atoms with Crippen LogP contribution in [0.3, 0.4) is 0 Å². The summed E-state index contributed by atoms with van der Waals surface area (Å²) in [7, 11) is 4.60. The third kappa shape index (κ3) is 1.24. The van der Waals surface area contributed by atoms with Gasteiger partial charge >= 0.3 is 0 Å². The molecule has 22 heavy (non-hydrogen) atoms. The van der Waals surface area contributed by atoms with Crippen LogP contribution in [-0.4, -0.2) is 48.5 Å². The van der Waals surface area contributed by atoms with E-state index in [0.29, 0.717) is 17.7 Å². The molecule has 1 saturated heterocycles. The minimum Gasteiger partial charge on any atom is -0.870 e. The maximum atomic E-state index is 12.3. The number of ether oxygens (including phenoxy) is 1. The molecular weight excluding hydrogens is 278 g/mol. The van der Waals surface area contributed by atoms with Gasteiger partial charge in [0.25, 0.3) is 0 Å². The molecule has 4 heteroatoms. The zero-order valence-corrected chi connectivity index (χ0v) is 13.0. The zero-order chi connectivity index (χ0) is 15.3. The first-order valence-corrected chi connectivity index (χ1v) is 8.14. The Bertz CT molecular complexity index is 711. The van der Waals surface area contributed by atoms with Crippen molar-refractivity contribution in [1.82, 2.24) is 0 Å². The van der Waals surface area contributed by atoms with E-state index in [2.05, 4.69) is 20.2 Å². The number of benzene rings is 1. The summed E-state index contributed by atoms with van der Waals surface area (Å²) in [6.45, 7) is 1.06. The lowest BCUT2D eigenvalue weighted by molar-refractivity contribution is -0.926. The van der Waals surface area contributed by atoms with Gasteiger partial charge in [-0.1, -0.05) is 30.0 Å². The summed E-state index contributed by atoms with van der Waals surface area (Å²) in [6, 6.07) is 4.12. The maximum Gasteiger partial charge on any atom is 0.139 e. The lowest BCUT2D eigenvalue weighted by Gasteiger charge is -2.58. The molecule has 4 aliphatic rings. The number of likely N-dealkylation sites (N-methyl/N-ethyl adjacent to an activating group) is 1.